The maximum absolute atomic E-state index is 12.2. The summed E-state index contributed by atoms with van der Waals surface area (Å²) in [6.45, 7) is 6.37. The lowest BCUT2D eigenvalue weighted by Crippen LogP contribution is -2.55. The minimum atomic E-state index is -4.48. The van der Waals surface area contributed by atoms with Crippen LogP contribution in [-0.4, -0.2) is 16.9 Å². The molecule has 3 atom stereocenters. The van der Waals surface area contributed by atoms with Crippen LogP contribution in [0.2, 0.25) is 0 Å². The van der Waals surface area contributed by atoms with E-state index in [1.54, 1.807) is 6.92 Å². The van der Waals surface area contributed by atoms with E-state index in [9.17, 15) is 18.3 Å². The van der Waals surface area contributed by atoms with Gasteiger partial charge in [0.2, 0.25) is 0 Å². The van der Waals surface area contributed by atoms with E-state index in [1.807, 2.05) is 6.92 Å². The van der Waals surface area contributed by atoms with Crippen LogP contribution in [0.5, 0.6) is 0 Å². The third kappa shape index (κ3) is 1.47. The number of hydrogen-bond donors (Lipinski definition) is 1. The average Bonchev–Trinajstić information content (AvgIpc) is 2.01. The van der Waals surface area contributed by atoms with Crippen LogP contribution < -0.4 is 0 Å². The average molecular weight is 194 g/mol. The summed E-state index contributed by atoms with van der Waals surface area (Å²) < 4.78 is 36.6. The second-order valence-corrected chi connectivity index (χ2v) is 3.87. The first-order chi connectivity index (χ1) is 5.69. The predicted molar refractivity (Wildman–Crippen MR) is 43.1 cm³/mol. The Morgan fingerprint density at radius 2 is 1.92 bits per heavy atom. The van der Waals surface area contributed by atoms with Crippen LogP contribution in [0.1, 0.15) is 20.3 Å². The van der Waals surface area contributed by atoms with Gasteiger partial charge in [0, 0.05) is 0 Å². The SMILES string of the molecule is C=C(C(F)(F)F)C1(O)CC(C)C1C. The van der Waals surface area contributed by atoms with Crippen LogP contribution in [0.4, 0.5) is 13.2 Å². The number of halogens is 3. The zero-order chi connectivity index (χ0) is 10.4. The molecule has 1 aliphatic carbocycles. The van der Waals surface area contributed by atoms with E-state index in [2.05, 4.69) is 6.58 Å². The molecule has 0 saturated heterocycles. The summed E-state index contributed by atoms with van der Waals surface area (Å²) in [6.07, 6.45) is -4.32. The second kappa shape index (κ2) is 2.74. The van der Waals surface area contributed by atoms with Gasteiger partial charge in [0.05, 0.1) is 11.2 Å². The molecule has 0 amide bonds. The van der Waals surface area contributed by atoms with E-state index in [4.69, 9.17) is 0 Å². The Balaban J connectivity index is 2.79. The summed E-state index contributed by atoms with van der Waals surface area (Å²) in [5.74, 6) is -0.231. The molecule has 0 aromatic carbocycles. The molecule has 0 aliphatic heterocycles. The van der Waals surface area contributed by atoms with Gasteiger partial charge in [-0.1, -0.05) is 20.4 Å². The van der Waals surface area contributed by atoms with Crippen molar-refractivity contribution < 1.29 is 18.3 Å². The summed E-state index contributed by atoms with van der Waals surface area (Å²) in [5.41, 5.74) is -2.73. The molecule has 1 nitrogen and oxygen atoms in total. The van der Waals surface area contributed by atoms with Crippen LogP contribution in [0, 0.1) is 11.8 Å². The highest BCUT2D eigenvalue weighted by Gasteiger charge is 2.56. The third-order valence-electron chi connectivity index (χ3n) is 3.10. The Bertz CT molecular complexity index is 234. The summed E-state index contributed by atoms with van der Waals surface area (Å²) in [6, 6.07) is 0. The van der Waals surface area contributed by atoms with E-state index in [0.717, 1.165) is 0 Å². The Kier molecular flexibility index (Phi) is 2.23. The van der Waals surface area contributed by atoms with Crippen LogP contribution in [0.25, 0.3) is 0 Å². The monoisotopic (exact) mass is 194 g/mol. The molecular weight excluding hydrogens is 181 g/mol. The summed E-state index contributed by atoms with van der Waals surface area (Å²) >= 11 is 0. The number of aliphatic hydroxyl groups is 1. The maximum Gasteiger partial charge on any atom is 0.414 e. The van der Waals surface area contributed by atoms with Gasteiger partial charge in [0.15, 0.2) is 0 Å². The van der Waals surface area contributed by atoms with Crippen molar-refractivity contribution in [2.45, 2.75) is 32.0 Å². The van der Waals surface area contributed by atoms with Crippen LogP contribution in [0.3, 0.4) is 0 Å². The maximum atomic E-state index is 12.2. The molecule has 0 aromatic rings. The van der Waals surface area contributed by atoms with E-state index in [1.165, 1.54) is 0 Å². The fraction of sp³-hybridized carbons (Fsp3) is 0.778. The normalized spacial score (nSPS) is 39.8. The Morgan fingerprint density at radius 1 is 1.46 bits per heavy atom. The molecule has 1 rings (SSSR count). The minimum absolute atomic E-state index is 0.129. The zero-order valence-electron chi connectivity index (χ0n) is 7.65. The van der Waals surface area contributed by atoms with Crippen LogP contribution in [-0.2, 0) is 0 Å². The number of hydrogen-bond acceptors (Lipinski definition) is 1. The van der Waals surface area contributed by atoms with Crippen molar-refractivity contribution in [2.24, 2.45) is 11.8 Å². The smallest absolute Gasteiger partial charge is 0.385 e. The first-order valence-electron chi connectivity index (χ1n) is 4.18. The standard InChI is InChI=1S/C9H13F3O/c1-5-4-8(13,6(5)2)7(3)9(10,11)12/h5-6,13H,3-4H2,1-2H3. The third-order valence-corrected chi connectivity index (χ3v) is 3.10. The highest BCUT2D eigenvalue weighted by molar-refractivity contribution is 5.24. The molecule has 0 bridgehead atoms. The van der Waals surface area contributed by atoms with Gasteiger partial charge in [-0.15, -0.1) is 0 Å². The quantitative estimate of drug-likeness (QED) is 0.636. The molecule has 1 N–H and O–H groups in total. The Labute approximate surface area is 75.3 Å². The molecule has 0 aromatic heterocycles. The molecule has 1 saturated carbocycles. The number of rotatable bonds is 1. The van der Waals surface area contributed by atoms with Crippen molar-refractivity contribution in [3.05, 3.63) is 12.2 Å². The van der Waals surface area contributed by atoms with Gasteiger partial charge in [0.25, 0.3) is 0 Å². The van der Waals surface area contributed by atoms with E-state index >= 15 is 0 Å². The largest absolute Gasteiger partial charge is 0.414 e. The van der Waals surface area contributed by atoms with Crippen LogP contribution >= 0.6 is 0 Å². The van der Waals surface area contributed by atoms with Crippen LogP contribution in [0.15, 0.2) is 12.2 Å². The zero-order valence-corrected chi connectivity index (χ0v) is 7.65. The lowest BCUT2D eigenvalue weighted by Gasteiger charge is -2.50. The Hall–Kier alpha value is -0.510. The number of alkyl halides is 3. The van der Waals surface area contributed by atoms with Gasteiger partial charge in [-0.3, -0.25) is 0 Å². The van der Waals surface area contributed by atoms with Crippen molar-refractivity contribution in [1.82, 2.24) is 0 Å². The van der Waals surface area contributed by atoms with E-state index in [0.29, 0.717) is 0 Å². The molecule has 3 unspecified atom stereocenters. The van der Waals surface area contributed by atoms with Gasteiger partial charge >= 0.3 is 6.18 Å². The Morgan fingerprint density at radius 3 is 2.15 bits per heavy atom. The molecular formula is C9H13F3O. The van der Waals surface area contributed by atoms with Gasteiger partial charge in [-0.25, -0.2) is 0 Å². The second-order valence-electron chi connectivity index (χ2n) is 3.87. The molecule has 0 heterocycles. The molecule has 1 fully saturated rings. The fourth-order valence-electron chi connectivity index (χ4n) is 1.81. The topological polar surface area (TPSA) is 20.2 Å². The first-order valence-corrected chi connectivity index (χ1v) is 4.18. The lowest BCUT2D eigenvalue weighted by atomic mass is 9.60. The molecule has 0 spiro atoms. The molecule has 13 heavy (non-hydrogen) atoms. The summed E-state index contributed by atoms with van der Waals surface area (Å²) in [4.78, 5) is 0. The van der Waals surface area contributed by atoms with Crippen molar-refractivity contribution in [2.75, 3.05) is 0 Å². The molecule has 0 radical (unpaired) electrons. The highest BCUT2D eigenvalue weighted by atomic mass is 19.4. The van der Waals surface area contributed by atoms with Crippen molar-refractivity contribution in [1.29, 1.82) is 0 Å². The van der Waals surface area contributed by atoms with Gasteiger partial charge in [-0.05, 0) is 18.3 Å². The predicted octanol–water partition coefficient (Wildman–Crippen LogP) is 2.51. The lowest BCUT2D eigenvalue weighted by molar-refractivity contribution is -0.166. The van der Waals surface area contributed by atoms with E-state index < -0.39 is 17.4 Å². The van der Waals surface area contributed by atoms with Crippen molar-refractivity contribution in [3.63, 3.8) is 0 Å². The van der Waals surface area contributed by atoms with E-state index in [-0.39, 0.29) is 18.3 Å². The van der Waals surface area contributed by atoms with Gasteiger partial charge in [-0.2, -0.15) is 13.2 Å². The molecule has 4 heteroatoms. The van der Waals surface area contributed by atoms with Crippen molar-refractivity contribution in [3.8, 4) is 0 Å². The van der Waals surface area contributed by atoms with Gasteiger partial charge < -0.3 is 5.11 Å². The molecule has 76 valence electrons. The summed E-state index contributed by atoms with van der Waals surface area (Å²) in [7, 11) is 0. The summed E-state index contributed by atoms with van der Waals surface area (Å²) in [5, 5.41) is 9.63. The van der Waals surface area contributed by atoms with Crippen molar-refractivity contribution >= 4 is 0 Å². The first kappa shape index (κ1) is 10.6. The van der Waals surface area contributed by atoms with Gasteiger partial charge in [0.1, 0.15) is 0 Å². The fourth-order valence-corrected chi connectivity index (χ4v) is 1.81. The minimum Gasteiger partial charge on any atom is -0.385 e. The molecule has 1 aliphatic rings. The highest BCUT2D eigenvalue weighted by Crippen LogP contribution is 2.51.